The molecular weight excluding hydrogens is 290 g/mol. The standard InChI is InChI=1S/C16H16ClNOS/c1-2-13-9-14(5-6-16(13)17)19-10-15-8-12(11-20-15)4-3-7-18/h5-6,8-9,11H,2,7,10,18H2,1H3. The van der Waals surface area contributed by atoms with Crippen LogP contribution in [0.15, 0.2) is 29.6 Å². The molecule has 0 saturated heterocycles. The van der Waals surface area contributed by atoms with E-state index in [1.807, 2.05) is 29.6 Å². The molecule has 0 aliphatic rings. The first kappa shape index (κ1) is 14.9. The van der Waals surface area contributed by atoms with E-state index in [0.29, 0.717) is 13.2 Å². The Morgan fingerprint density at radius 1 is 1.35 bits per heavy atom. The quantitative estimate of drug-likeness (QED) is 0.871. The lowest BCUT2D eigenvalue weighted by molar-refractivity contribution is 0.309. The number of nitrogens with two attached hydrogens (primary N) is 1. The van der Waals surface area contributed by atoms with E-state index in [-0.39, 0.29) is 0 Å². The molecule has 2 N–H and O–H groups in total. The van der Waals surface area contributed by atoms with Crippen LogP contribution in [-0.4, -0.2) is 6.54 Å². The number of aryl methyl sites for hydroxylation is 1. The molecule has 104 valence electrons. The summed E-state index contributed by atoms with van der Waals surface area (Å²) in [5, 5.41) is 2.80. The van der Waals surface area contributed by atoms with Crippen LogP contribution in [0.25, 0.3) is 0 Å². The fourth-order valence-electron chi connectivity index (χ4n) is 1.74. The Bertz CT molecular complexity index is 639. The Balaban J connectivity index is 2.00. The maximum Gasteiger partial charge on any atom is 0.122 e. The number of thiophene rings is 1. The van der Waals surface area contributed by atoms with Crippen molar-refractivity contribution in [1.29, 1.82) is 0 Å². The Morgan fingerprint density at radius 2 is 2.20 bits per heavy atom. The van der Waals surface area contributed by atoms with Crippen LogP contribution < -0.4 is 10.5 Å². The van der Waals surface area contributed by atoms with Gasteiger partial charge in [0.05, 0.1) is 6.54 Å². The van der Waals surface area contributed by atoms with Gasteiger partial charge in [0.1, 0.15) is 12.4 Å². The SMILES string of the molecule is CCc1cc(OCc2cc(C#CCN)cs2)ccc1Cl. The maximum absolute atomic E-state index is 6.09. The molecule has 0 aliphatic carbocycles. The van der Waals surface area contributed by atoms with Gasteiger partial charge in [0, 0.05) is 20.8 Å². The minimum Gasteiger partial charge on any atom is -0.488 e. The summed E-state index contributed by atoms with van der Waals surface area (Å²) in [7, 11) is 0. The van der Waals surface area contributed by atoms with E-state index >= 15 is 0 Å². The van der Waals surface area contributed by atoms with E-state index in [2.05, 4.69) is 18.8 Å². The van der Waals surface area contributed by atoms with Crippen molar-refractivity contribution in [2.75, 3.05) is 6.54 Å². The summed E-state index contributed by atoms with van der Waals surface area (Å²) in [4.78, 5) is 1.14. The second kappa shape index (κ2) is 7.35. The monoisotopic (exact) mass is 305 g/mol. The first-order chi connectivity index (χ1) is 9.72. The Hall–Kier alpha value is -1.47. The van der Waals surface area contributed by atoms with Crippen LogP contribution in [0.3, 0.4) is 0 Å². The van der Waals surface area contributed by atoms with Gasteiger partial charge < -0.3 is 10.5 Å². The Labute approximate surface area is 128 Å². The summed E-state index contributed by atoms with van der Waals surface area (Å²) < 4.78 is 5.79. The molecular formula is C16H16ClNOS. The molecule has 1 aromatic carbocycles. The summed E-state index contributed by atoms with van der Waals surface area (Å²) in [6.45, 7) is 3.00. The zero-order chi connectivity index (χ0) is 14.4. The van der Waals surface area contributed by atoms with Crippen LogP contribution in [0.1, 0.15) is 22.9 Å². The second-order valence-electron chi connectivity index (χ2n) is 4.20. The third kappa shape index (κ3) is 4.01. The zero-order valence-electron chi connectivity index (χ0n) is 11.3. The highest BCUT2D eigenvalue weighted by Crippen LogP contribution is 2.24. The van der Waals surface area contributed by atoms with Gasteiger partial charge in [-0.05, 0) is 36.2 Å². The predicted octanol–water partition coefficient (Wildman–Crippen LogP) is 3.85. The molecule has 0 bridgehead atoms. The summed E-state index contributed by atoms with van der Waals surface area (Å²) >= 11 is 7.72. The van der Waals surface area contributed by atoms with Crippen molar-refractivity contribution in [3.8, 4) is 17.6 Å². The highest BCUT2D eigenvalue weighted by Gasteiger charge is 2.03. The average Bonchev–Trinajstić information content (AvgIpc) is 2.92. The number of halogens is 1. The van der Waals surface area contributed by atoms with E-state index in [4.69, 9.17) is 22.1 Å². The van der Waals surface area contributed by atoms with Gasteiger partial charge >= 0.3 is 0 Å². The molecule has 0 saturated carbocycles. The van der Waals surface area contributed by atoms with Crippen molar-refractivity contribution >= 4 is 22.9 Å². The summed E-state index contributed by atoms with van der Waals surface area (Å²) in [5.41, 5.74) is 7.44. The van der Waals surface area contributed by atoms with Crippen LogP contribution in [0.5, 0.6) is 5.75 Å². The van der Waals surface area contributed by atoms with Gasteiger partial charge in [0.15, 0.2) is 0 Å². The maximum atomic E-state index is 6.09. The molecule has 1 aromatic heterocycles. The Kier molecular flexibility index (Phi) is 5.49. The molecule has 1 heterocycles. The van der Waals surface area contributed by atoms with Crippen LogP contribution in [0, 0.1) is 11.8 Å². The molecule has 0 radical (unpaired) electrons. The topological polar surface area (TPSA) is 35.2 Å². The van der Waals surface area contributed by atoms with Gasteiger partial charge in [-0.3, -0.25) is 0 Å². The van der Waals surface area contributed by atoms with Crippen LogP contribution in [-0.2, 0) is 13.0 Å². The fraction of sp³-hybridized carbons (Fsp3) is 0.250. The minimum atomic E-state index is 0.381. The molecule has 2 aromatic rings. The number of hydrogen-bond donors (Lipinski definition) is 1. The first-order valence-electron chi connectivity index (χ1n) is 6.40. The van der Waals surface area contributed by atoms with Crippen molar-refractivity contribution in [3.05, 3.63) is 50.7 Å². The molecule has 0 atom stereocenters. The van der Waals surface area contributed by atoms with E-state index in [1.54, 1.807) is 11.3 Å². The molecule has 0 aliphatic heterocycles. The van der Waals surface area contributed by atoms with Crippen molar-refractivity contribution in [2.24, 2.45) is 5.73 Å². The van der Waals surface area contributed by atoms with Crippen molar-refractivity contribution in [2.45, 2.75) is 20.0 Å². The van der Waals surface area contributed by atoms with Crippen LogP contribution in [0.2, 0.25) is 5.02 Å². The number of rotatable bonds is 4. The minimum absolute atomic E-state index is 0.381. The summed E-state index contributed by atoms with van der Waals surface area (Å²) in [6.07, 6.45) is 0.897. The van der Waals surface area contributed by atoms with Crippen molar-refractivity contribution in [1.82, 2.24) is 0 Å². The third-order valence-corrected chi connectivity index (χ3v) is 4.05. The van der Waals surface area contributed by atoms with E-state index in [1.165, 1.54) is 0 Å². The van der Waals surface area contributed by atoms with Crippen LogP contribution in [0.4, 0.5) is 0 Å². The number of benzene rings is 1. The molecule has 0 amide bonds. The zero-order valence-corrected chi connectivity index (χ0v) is 12.9. The molecule has 0 spiro atoms. The van der Waals surface area contributed by atoms with E-state index in [9.17, 15) is 0 Å². The molecule has 0 unspecified atom stereocenters. The number of hydrogen-bond acceptors (Lipinski definition) is 3. The van der Waals surface area contributed by atoms with Gasteiger partial charge in [-0.25, -0.2) is 0 Å². The van der Waals surface area contributed by atoms with E-state index < -0.39 is 0 Å². The van der Waals surface area contributed by atoms with Gasteiger partial charge in [-0.15, -0.1) is 11.3 Å². The first-order valence-corrected chi connectivity index (χ1v) is 7.66. The lowest BCUT2D eigenvalue weighted by Crippen LogP contribution is -1.94. The second-order valence-corrected chi connectivity index (χ2v) is 5.61. The molecule has 2 nitrogen and oxygen atoms in total. The van der Waals surface area contributed by atoms with Crippen LogP contribution >= 0.6 is 22.9 Å². The average molecular weight is 306 g/mol. The highest BCUT2D eigenvalue weighted by atomic mass is 35.5. The van der Waals surface area contributed by atoms with Crippen molar-refractivity contribution in [3.63, 3.8) is 0 Å². The molecule has 0 fully saturated rings. The van der Waals surface area contributed by atoms with Gasteiger partial charge in [-0.2, -0.15) is 0 Å². The molecule has 4 heteroatoms. The number of ether oxygens (including phenoxy) is 1. The largest absolute Gasteiger partial charge is 0.488 e. The Morgan fingerprint density at radius 3 is 2.95 bits per heavy atom. The predicted molar refractivity (Wildman–Crippen MR) is 85.4 cm³/mol. The highest BCUT2D eigenvalue weighted by molar-refractivity contribution is 7.10. The normalized spacial score (nSPS) is 9.95. The van der Waals surface area contributed by atoms with Gasteiger partial charge in [0.25, 0.3) is 0 Å². The third-order valence-electron chi connectivity index (χ3n) is 2.77. The summed E-state index contributed by atoms with van der Waals surface area (Å²) in [6, 6.07) is 7.79. The lowest BCUT2D eigenvalue weighted by Gasteiger charge is -2.07. The summed E-state index contributed by atoms with van der Waals surface area (Å²) in [5.74, 6) is 6.69. The fourth-order valence-corrected chi connectivity index (χ4v) is 2.72. The molecule has 20 heavy (non-hydrogen) atoms. The van der Waals surface area contributed by atoms with Crippen molar-refractivity contribution < 1.29 is 4.74 Å². The lowest BCUT2D eigenvalue weighted by atomic mass is 10.1. The van der Waals surface area contributed by atoms with E-state index in [0.717, 1.165) is 33.2 Å². The smallest absolute Gasteiger partial charge is 0.122 e. The van der Waals surface area contributed by atoms with Gasteiger partial charge in [-0.1, -0.05) is 30.4 Å². The van der Waals surface area contributed by atoms with Gasteiger partial charge in [0.2, 0.25) is 0 Å². The molecule has 2 rings (SSSR count).